The third-order valence-corrected chi connectivity index (χ3v) is 16.3. The molecule has 2 atom stereocenters. The summed E-state index contributed by atoms with van der Waals surface area (Å²) in [5.41, 5.74) is 0. The van der Waals surface area contributed by atoms with E-state index in [2.05, 4.69) is 31.3 Å². The molecule has 0 bridgehead atoms. The van der Waals surface area contributed by atoms with Crippen LogP contribution in [0.2, 0.25) is 0 Å². The molecule has 0 aliphatic carbocycles. The van der Waals surface area contributed by atoms with E-state index in [9.17, 15) is 19.8 Å². The number of hydrogen-bond acceptors (Lipinski definition) is 5. The van der Waals surface area contributed by atoms with Crippen molar-refractivity contribution in [3.63, 3.8) is 0 Å². The van der Waals surface area contributed by atoms with Crippen LogP contribution in [0.3, 0.4) is 0 Å². The molecule has 0 aromatic rings. The fourth-order valence-electron chi connectivity index (χ4n) is 11.1. The monoisotopic (exact) mass is 1060 g/mol. The zero-order valence-corrected chi connectivity index (χ0v) is 51.1. The van der Waals surface area contributed by atoms with Crippen molar-refractivity contribution in [2.24, 2.45) is 0 Å². The van der Waals surface area contributed by atoms with Crippen molar-refractivity contribution in [3.05, 3.63) is 12.2 Å². The Kier molecular flexibility index (Phi) is 63.9. The molecule has 75 heavy (non-hydrogen) atoms. The van der Waals surface area contributed by atoms with E-state index in [1.165, 1.54) is 315 Å². The maximum atomic E-state index is 12.5. The molecule has 0 aromatic carbocycles. The summed E-state index contributed by atoms with van der Waals surface area (Å²) in [6.45, 7) is 4.97. The Balaban J connectivity index is 3.37. The summed E-state index contributed by atoms with van der Waals surface area (Å²) in [4.78, 5) is 24.6. The Labute approximate surface area is 469 Å². The van der Waals surface area contributed by atoms with Crippen molar-refractivity contribution in [1.82, 2.24) is 5.32 Å². The topological polar surface area (TPSA) is 95.9 Å². The fraction of sp³-hybridized carbons (Fsp3) is 0.942. The molecule has 0 aliphatic rings. The van der Waals surface area contributed by atoms with Crippen molar-refractivity contribution in [2.75, 3.05) is 13.2 Å². The molecule has 0 saturated carbocycles. The Hall–Kier alpha value is -1.40. The quantitative estimate of drug-likeness (QED) is 0.0320. The lowest BCUT2D eigenvalue weighted by Gasteiger charge is -2.22. The van der Waals surface area contributed by atoms with Gasteiger partial charge in [-0.3, -0.25) is 9.59 Å². The molecule has 2 unspecified atom stereocenters. The number of aliphatic hydroxyl groups is 2. The first-order valence-electron chi connectivity index (χ1n) is 34.4. The van der Waals surface area contributed by atoms with Crippen molar-refractivity contribution in [3.8, 4) is 0 Å². The number of nitrogens with one attached hydrogen (secondary N) is 1. The summed E-state index contributed by atoms with van der Waals surface area (Å²) in [5.74, 6) is -0.0241. The lowest BCUT2D eigenvalue weighted by Crippen LogP contribution is -2.45. The largest absolute Gasteiger partial charge is 0.466 e. The number of hydrogen-bond donors (Lipinski definition) is 3. The van der Waals surface area contributed by atoms with Gasteiger partial charge < -0.3 is 20.3 Å². The van der Waals surface area contributed by atoms with E-state index in [4.69, 9.17) is 4.74 Å². The second kappa shape index (κ2) is 65.1. The number of aliphatic hydroxyl groups excluding tert-OH is 2. The number of carbonyl (C=O) groups is 2. The number of ether oxygens (including phenoxy) is 1. The van der Waals surface area contributed by atoms with E-state index < -0.39 is 12.1 Å². The normalized spacial score (nSPS) is 12.5. The van der Waals surface area contributed by atoms with Crippen LogP contribution in [0, 0.1) is 0 Å². The molecule has 0 fully saturated rings. The minimum Gasteiger partial charge on any atom is -0.466 e. The first kappa shape index (κ1) is 73.6. The predicted octanol–water partition coefficient (Wildman–Crippen LogP) is 22.0. The van der Waals surface area contributed by atoms with E-state index in [0.29, 0.717) is 25.9 Å². The number of amides is 1. The average Bonchev–Trinajstić information content (AvgIpc) is 3.41. The lowest BCUT2D eigenvalue weighted by molar-refractivity contribution is -0.143. The molecule has 6 heteroatoms. The summed E-state index contributed by atoms with van der Waals surface area (Å²) < 4.78 is 5.47. The highest BCUT2D eigenvalue weighted by Gasteiger charge is 2.20. The van der Waals surface area contributed by atoms with Crippen molar-refractivity contribution < 1.29 is 24.5 Å². The van der Waals surface area contributed by atoms with Crippen LogP contribution in [0.4, 0.5) is 0 Å². The maximum Gasteiger partial charge on any atom is 0.305 e. The number of esters is 1. The summed E-state index contributed by atoms with van der Waals surface area (Å²) in [6.07, 6.45) is 79.6. The number of carbonyl (C=O) groups excluding carboxylic acids is 2. The first-order valence-corrected chi connectivity index (χ1v) is 34.4. The van der Waals surface area contributed by atoms with E-state index in [1.54, 1.807) is 0 Å². The van der Waals surface area contributed by atoms with Crippen LogP contribution in [0.5, 0.6) is 0 Å². The molecule has 0 heterocycles. The summed E-state index contributed by atoms with van der Waals surface area (Å²) in [5, 5.41) is 23.4. The van der Waals surface area contributed by atoms with Crippen LogP contribution in [-0.4, -0.2) is 47.4 Å². The van der Waals surface area contributed by atoms with Gasteiger partial charge >= 0.3 is 5.97 Å². The molecule has 3 N–H and O–H groups in total. The zero-order chi connectivity index (χ0) is 54.3. The fourth-order valence-corrected chi connectivity index (χ4v) is 11.1. The van der Waals surface area contributed by atoms with Gasteiger partial charge in [0.1, 0.15) is 0 Å². The van der Waals surface area contributed by atoms with Crippen LogP contribution in [-0.2, 0) is 14.3 Å². The van der Waals surface area contributed by atoms with Gasteiger partial charge in [-0.15, -0.1) is 0 Å². The third-order valence-electron chi connectivity index (χ3n) is 16.3. The first-order chi connectivity index (χ1) is 37.0. The Morgan fingerprint density at radius 1 is 0.360 bits per heavy atom. The van der Waals surface area contributed by atoms with Crippen LogP contribution < -0.4 is 5.32 Å². The van der Waals surface area contributed by atoms with E-state index in [1.807, 2.05) is 0 Å². The predicted molar refractivity (Wildman–Crippen MR) is 329 cm³/mol. The van der Waals surface area contributed by atoms with Crippen molar-refractivity contribution in [2.45, 2.75) is 405 Å². The van der Waals surface area contributed by atoms with Crippen LogP contribution in [0.1, 0.15) is 393 Å². The highest BCUT2D eigenvalue weighted by Crippen LogP contribution is 2.19. The van der Waals surface area contributed by atoms with Gasteiger partial charge in [-0.2, -0.15) is 0 Å². The highest BCUT2D eigenvalue weighted by molar-refractivity contribution is 5.76. The molecule has 446 valence electrons. The van der Waals surface area contributed by atoms with Gasteiger partial charge in [0.15, 0.2) is 0 Å². The summed E-state index contributed by atoms with van der Waals surface area (Å²) in [6, 6.07) is -0.542. The van der Waals surface area contributed by atoms with E-state index in [-0.39, 0.29) is 18.5 Å². The summed E-state index contributed by atoms with van der Waals surface area (Å²) >= 11 is 0. The number of unbranched alkanes of at least 4 members (excludes halogenated alkanes) is 52. The molecule has 0 rings (SSSR count). The third kappa shape index (κ3) is 61.7. The number of allylic oxidation sites excluding steroid dienone is 2. The molecular formula is C69H135NO5. The van der Waals surface area contributed by atoms with Crippen LogP contribution >= 0.6 is 0 Å². The second-order valence-corrected chi connectivity index (χ2v) is 23.9. The molecular weight excluding hydrogens is 923 g/mol. The van der Waals surface area contributed by atoms with Gasteiger partial charge in [0.25, 0.3) is 0 Å². The highest BCUT2D eigenvalue weighted by atomic mass is 16.5. The van der Waals surface area contributed by atoms with E-state index in [0.717, 1.165) is 44.9 Å². The Bertz CT molecular complexity index is 1130. The van der Waals surface area contributed by atoms with Gasteiger partial charge in [-0.25, -0.2) is 0 Å². The average molecular weight is 1060 g/mol. The van der Waals surface area contributed by atoms with Gasteiger partial charge in [-0.05, 0) is 51.4 Å². The van der Waals surface area contributed by atoms with Crippen LogP contribution in [0.15, 0.2) is 12.2 Å². The minimum atomic E-state index is -0.665. The Morgan fingerprint density at radius 3 is 0.973 bits per heavy atom. The van der Waals surface area contributed by atoms with Gasteiger partial charge in [0.2, 0.25) is 5.91 Å². The van der Waals surface area contributed by atoms with E-state index >= 15 is 0 Å². The smallest absolute Gasteiger partial charge is 0.305 e. The van der Waals surface area contributed by atoms with Gasteiger partial charge in [0.05, 0.1) is 25.4 Å². The SMILES string of the molecule is CCCCC/C=C\CCCCCCCC(=O)OCCCCCCCCCCCCCCCCCCCCCCCCCC(=O)NC(CO)C(O)CCCCCCCCCCCCCCCCCCCCCCCCC. The van der Waals surface area contributed by atoms with Crippen molar-refractivity contribution in [1.29, 1.82) is 0 Å². The van der Waals surface area contributed by atoms with Crippen LogP contribution in [0.25, 0.3) is 0 Å². The van der Waals surface area contributed by atoms with Crippen molar-refractivity contribution >= 4 is 11.9 Å². The molecule has 6 nitrogen and oxygen atoms in total. The van der Waals surface area contributed by atoms with Gasteiger partial charge in [0, 0.05) is 12.8 Å². The minimum absolute atomic E-state index is 0.00538. The molecule has 0 radical (unpaired) electrons. The summed E-state index contributed by atoms with van der Waals surface area (Å²) in [7, 11) is 0. The molecule has 0 spiro atoms. The molecule has 1 amide bonds. The standard InChI is InChI=1S/C69H135NO5/c1-3-5-7-9-11-13-15-17-18-19-20-21-23-26-29-32-35-38-41-45-49-53-57-61-67(72)66(65-71)70-68(73)62-58-54-50-46-42-39-36-33-30-27-24-22-25-28-31-34-37-40-44-48-52-56-60-64-75-69(74)63-59-55-51-47-43-16-14-12-10-8-6-4-2/h12,14,66-67,71-72H,3-11,13,15-65H2,1-2H3,(H,70,73)/b14-12-. The number of rotatable bonds is 65. The van der Waals surface area contributed by atoms with Gasteiger partial charge in [-0.1, -0.05) is 341 Å². The molecule has 0 aliphatic heterocycles. The maximum absolute atomic E-state index is 12.5. The molecule has 0 aromatic heterocycles. The lowest BCUT2D eigenvalue weighted by atomic mass is 10.0. The molecule has 0 saturated heterocycles. The Morgan fingerprint density at radius 2 is 0.627 bits per heavy atom. The second-order valence-electron chi connectivity index (χ2n) is 23.9. The zero-order valence-electron chi connectivity index (χ0n) is 51.1.